The lowest BCUT2D eigenvalue weighted by Gasteiger charge is -2.13. The van der Waals surface area contributed by atoms with Crippen molar-refractivity contribution in [1.82, 2.24) is 10.3 Å². The van der Waals surface area contributed by atoms with Crippen molar-refractivity contribution in [2.45, 2.75) is 51.5 Å². The fourth-order valence-corrected chi connectivity index (χ4v) is 4.11. The van der Waals surface area contributed by atoms with Gasteiger partial charge in [0.2, 0.25) is 0 Å². The minimum Gasteiger partial charge on any atom is -0.478 e. The number of nitrogens with one attached hydrogen (secondary N) is 3. The number of aromatic carboxylic acids is 1. The summed E-state index contributed by atoms with van der Waals surface area (Å²) in [4.78, 5) is 42.6. The molecule has 2 aromatic heterocycles. The van der Waals surface area contributed by atoms with Crippen LogP contribution in [0.15, 0.2) is 48.0 Å². The maximum atomic E-state index is 12.7. The molecule has 0 aliphatic heterocycles. The molecule has 1 amide bonds. The number of benzene rings is 1. The van der Waals surface area contributed by atoms with E-state index in [1.54, 1.807) is 30.5 Å². The molecule has 168 valence electrons. The Kier molecular flexibility index (Phi) is 8.33. The van der Waals surface area contributed by atoms with E-state index in [0.717, 1.165) is 36.3 Å². The zero-order chi connectivity index (χ0) is 22.9. The maximum Gasteiger partial charge on any atom is 0.335 e. The Balaban J connectivity index is 1.72. The monoisotopic (exact) mass is 454 g/mol. The number of hydrogen-bond acceptors (Lipinski definition) is 4. The third kappa shape index (κ3) is 6.37. The maximum absolute atomic E-state index is 12.7. The SMILES string of the molecule is CCC(=O)CCCCC[C@H](NC(=O)c1cccs1)c1[nH]c(-c2cccc(C(=O)O)c2)c[nH+]1. The molecule has 32 heavy (non-hydrogen) atoms. The molecule has 0 aliphatic carbocycles. The molecule has 1 atom stereocenters. The number of aromatic nitrogens is 2. The third-order valence-corrected chi connectivity index (χ3v) is 6.17. The summed E-state index contributed by atoms with van der Waals surface area (Å²) in [6, 6.07) is 10.1. The molecule has 0 saturated carbocycles. The first-order valence-electron chi connectivity index (χ1n) is 10.8. The summed E-state index contributed by atoms with van der Waals surface area (Å²) in [6.07, 6.45) is 6.28. The molecule has 0 unspecified atom stereocenters. The predicted octanol–water partition coefficient (Wildman–Crippen LogP) is 4.66. The van der Waals surface area contributed by atoms with E-state index in [1.807, 2.05) is 24.4 Å². The summed E-state index contributed by atoms with van der Waals surface area (Å²) in [5.74, 6) is -0.0948. The Bertz CT molecular complexity index is 1060. The molecule has 0 saturated heterocycles. The summed E-state index contributed by atoms with van der Waals surface area (Å²) in [5.41, 5.74) is 1.70. The van der Waals surface area contributed by atoms with Crippen LogP contribution in [0.25, 0.3) is 11.3 Å². The zero-order valence-corrected chi connectivity index (χ0v) is 18.8. The van der Waals surface area contributed by atoms with Crippen molar-refractivity contribution in [3.63, 3.8) is 0 Å². The standard InChI is InChI=1S/C24H27N3O4S/c1-2-18(28)10-4-3-5-11-19(27-23(29)21-12-7-13-32-21)22-25-15-20(26-22)16-8-6-9-17(14-16)24(30)31/h6-9,12-15,19H,2-5,10-11H2,1H3,(H,25,26)(H,27,29)(H,30,31)/p+1/t19-/m0/s1. The van der Waals surface area contributed by atoms with Gasteiger partial charge in [-0.3, -0.25) is 9.59 Å². The van der Waals surface area contributed by atoms with Gasteiger partial charge in [0.05, 0.1) is 10.4 Å². The van der Waals surface area contributed by atoms with E-state index in [4.69, 9.17) is 0 Å². The molecule has 0 spiro atoms. The number of H-pyrrole nitrogens is 2. The highest BCUT2D eigenvalue weighted by molar-refractivity contribution is 7.12. The summed E-state index contributed by atoms with van der Waals surface area (Å²) < 4.78 is 0. The number of unbranched alkanes of at least 4 members (excludes halogenated alkanes) is 2. The van der Waals surface area contributed by atoms with Crippen LogP contribution in [0.2, 0.25) is 0 Å². The number of Topliss-reactive ketones (excluding diaryl/α,β-unsaturated/α-hetero) is 1. The van der Waals surface area contributed by atoms with Crippen molar-refractivity contribution in [2.75, 3.05) is 0 Å². The van der Waals surface area contributed by atoms with E-state index >= 15 is 0 Å². The van der Waals surface area contributed by atoms with Crippen LogP contribution >= 0.6 is 11.3 Å². The summed E-state index contributed by atoms with van der Waals surface area (Å²) in [7, 11) is 0. The van der Waals surface area contributed by atoms with Gasteiger partial charge in [-0.25, -0.2) is 14.8 Å². The zero-order valence-electron chi connectivity index (χ0n) is 18.0. The summed E-state index contributed by atoms with van der Waals surface area (Å²) in [5, 5.41) is 14.2. The van der Waals surface area contributed by atoms with Gasteiger partial charge in [-0.1, -0.05) is 38.0 Å². The average molecular weight is 455 g/mol. The number of carbonyl (C=O) groups excluding carboxylic acids is 2. The van der Waals surface area contributed by atoms with E-state index in [0.29, 0.717) is 24.1 Å². The van der Waals surface area contributed by atoms with Crippen LogP contribution < -0.4 is 10.3 Å². The van der Waals surface area contributed by atoms with Gasteiger partial charge in [-0.05, 0) is 36.4 Å². The molecule has 0 radical (unpaired) electrons. The fourth-order valence-electron chi connectivity index (χ4n) is 3.48. The second-order valence-corrected chi connectivity index (χ2v) is 8.57. The lowest BCUT2D eigenvalue weighted by atomic mass is 10.0. The first kappa shape index (κ1) is 23.4. The number of imidazole rings is 1. The highest BCUT2D eigenvalue weighted by atomic mass is 32.1. The Hall–Kier alpha value is -3.26. The number of carboxylic acids is 1. The Morgan fingerprint density at radius 1 is 1.16 bits per heavy atom. The molecule has 3 aromatic rings. The van der Waals surface area contributed by atoms with Gasteiger partial charge in [0.15, 0.2) is 5.69 Å². The molecule has 1 aromatic carbocycles. The van der Waals surface area contributed by atoms with E-state index in [2.05, 4.69) is 15.3 Å². The van der Waals surface area contributed by atoms with E-state index in [9.17, 15) is 19.5 Å². The number of carboxylic acid groups (broad SMARTS) is 1. The van der Waals surface area contributed by atoms with Gasteiger partial charge in [-0.15, -0.1) is 11.3 Å². The van der Waals surface area contributed by atoms with Gasteiger partial charge in [0.25, 0.3) is 11.7 Å². The van der Waals surface area contributed by atoms with Crippen LogP contribution in [0.3, 0.4) is 0 Å². The van der Waals surface area contributed by atoms with Crippen molar-refractivity contribution >= 4 is 29.0 Å². The highest BCUT2D eigenvalue weighted by Gasteiger charge is 2.24. The van der Waals surface area contributed by atoms with Crippen molar-refractivity contribution in [3.8, 4) is 11.3 Å². The molecular weight excluding hydrogens is 426 g/mol. The minimum absolute atomic E-state index is 0.136. The van der Waals surface area contributed by atoms with Crippen LogP contribution in [0, 0.1) is 0 Å². The summed E-state index contributed by atoms with van der Waals surface area (Å²) >= 11 is 1.39. The first-order chi connectivity index (χ1) is 15.5. The number of rotatable bonds is 12. The van der Waals surface area contributed by atoms with Crippen molar-refractivity contribution in [3.05, 3.63) is 64.2 Å². The second-order valence-electron chi connectivity index (χ2n) is 7.62. The van der Waals surface area contributed by atoms with E-state index in [1.165, 1.54) is 11.3 Å². The molecule has 7 nitrogen and oxygen atoms in total. The highest BCUT2D eigenvalue weighted by Crippen LogP contribution is 2.22. The van der Waals surface area contributed by atoms with Crippen LogP contribution in [0.5, 0.6) is 0 Å². The number of carbonyl (C=O) groups is 3. The molecule has 4 N–H and O–H groups in total. The van der Waals surface area contributed by atoms with Crippen LogP contribution in [0.1, 0.15) is 77.3 Å². The molecule has 3 rings (SSSR count). The normalized spacial score (nSPS) is 11.8. The van der Waals surface area contributed by atoms with Crippen LogP contribution in [0.4, 0.5) is 0 Å². The topological polar surface area (TPSA) is 113 Å². The predicted molar refractivity (Wildman–Crippen MR) is 123 cm³/mol. The Morgan fingerprint density at radius 3 is 2.72 bits per heavy atom. The largest absolute Gasteiger partial charge is 0.478 e. The smallest absolute Gasteiger partial charge is 0.335 e. The van der Waals surface area contributed by atoms with Crippen LogP contribution in [-0.4, -0.2) is 27.8 Å². The first-order valence-corrected chi connectivity index (χ1v) is 11.7. The molecule has 0 bridgehead atoms. The minimum atomic E-state index is -0.981. The van der Waals surface area contributed by atoms with Crippen molar-refractivity contribution in [1.29, 1.82) is 0 Å². The number of thiophene rings is 1. The number of amides is 1. The number of ketones is 1. The number of aromatic amines is 2. The van der Waals surface area contributed by atoms with Crippen LogP contribution in [-0.2, 0) is 4.79 Å². The van der Waals surface area contributed by atoms with Gasteiger partial charge in [0, 0.05) is 18.4 Å². The average Bonchev–Trinajstić information content (AvgIpc) is 3.50. The molecule has 0 aliphatic rings. The summed E-state index contributed by atoms with van der Waals surface area (Å²) in [6.45, 7) is 1.88. The second kappa shape index (κ2) is 11.4. The lowest BCUT2D eigenvalue weighted by Crippen LogP contribution is -2.31. The molecule has 8 heteroatoms. The van der Waals surface area contributed by atoms with Crippen molar-refractivity contribution in [2.24, 2.45) is 0 Å². The van der Waals surface area contributed by atoms with Gasteiger partial charge < -0.3 is 10.4 Å². The molecule has 2 heterocycles. The lowest BCUT2D eigenvalue weighted by molar-refractivity contribution is -0.391. The van der Waals surface area contributed by atoms with Gasteiger partial charge >= 0.3 is 5.97 Å². The Morgan fingerprint density at radius 2 is 2.00 bits per heavy atom. The fraction of sp³-hybridized carbons (Fsp3) is 0.333. The molecule has 0 fully saturated rings. The van der Waals surface area contributed by atoms with Gasteiger partial charge in [-0.2, -0.15) is 0 Å². The number of hydrogen-bond donors (Lipinski definition) is 3. The Labute approximate surface area is 190 Å². The quantitative estimate of drug-likeness (QED) is 0.346. The van der Waals surface area contributed by atoms with E-state index in [-0.39, 0.29) is 23.3 Å². The van der Waals surface area contributed by atoms with E-state index < -0.39 is 5.97 Å². The van der Waals surface area contributed by atoms with Crippen molar-refractivity contribution < 1.29 is 24.5 Å². The third-order valence-electron chi connectivity index (χ3n) is 5.30. The van der Waals surface area contributed by atoms with Gasteiger partial charge in [0.1, 0.15) is 18.0 Å². The molecular formula is C24H28N3O4S+.